The van der Waals surface area contributed by atoms with E-state index in [-0.39, 0.29) is 0 Å². The van der Waals surface area contributed by atoms with Crippen LogP contribution >= 0.6 is 0 Å². The van der Waals surface area contributed by atoms with Gasteiger partial charge in [-0.2, -0.15) is 0 Å². The van der Waals surface area contributed by atoms with Crippen LogP contribution in [0.4, 0.5) is 0 Å². The van der Waals surface area contributed by atoms with Gasteiger partial charge in [0.2, 0.25) is 10.0 Å². The molecule has 0 unspecified atom stereocenters. The third-order valence-electron chi connectivity index (χ3n) is 3.13. The topological polar surface area (TPSA) is 67.4 Å². The molecule has 2 N–H and O–H groups in total. The van der Waals surface area contributed by atoms with E-state index in [1.165, 1.54) is 0 Å². The van der Waals surface area contributed by atoms with Gasteiger partial charge in [-0.25, -0.2) is 13.1 Å². The van der Waals surface area contributed by atoms with Crippen LogP contribution in [0.2, 0.25) is 0 Å². The molecule has 0 heterocycles. The highest BCUT2D eigenvalue weighted by Crippen LogP contribution is 2.10. The summed E-state index contributed by atoms with van der Waals surface area (Å²) in [5.74, 6) is 0. The lowest BCUT2D eigenvalue weighted by atomic mass is 10.2. The zero-order valence-electron chi connectivity index (χ0n) is 12.9. The molecular formula is C15H26N2O3S. The molecule has 21 heavy (non-hydrogen) atoms. The zero-order valence-corrected chi connectivity index (χ0v) is 13.7. The number of methoxy groups -OCH3 is 1. The molecule has 0 radical (unpaired) electrons. The molecule has 0 atom stereocenters. The van der Waals surface area contributed by atoms with Gasteiger partial charge in [0.25, 0.3) is 0 Å². The number of nitrogens with one attached hydrogen (secondary N) is 2. The lowest BCUT2D eigenvalue weighted by Crippen LogP contribution is -2.24. The van der Waals surface area contributed by atoms with Crippen LogP contribution in [0.5, 0.6) is 0 Å². The Balaban J connectivity index is 2.42. The fraction of sp³-hybridized carbons (Fsp3) is 0.600. The first-order chi connectivity index (χ1) is 10.1. The first-order valence-electron chi connectivity index (χ1n) is 7.38. The van der Waals surface area contributed by atoms with E-state index in [2.05, 4.69) is 10.0 Å². The van der Waals surface area contributed by atoms with E-state index in [1.54, 1.807) is 19.2 Å². The predicted molar refractivity (Wildman–Crippen MR) is 84.7 cm³/mol. The van der Waals surface area contributed by atoms with Gasteiger partial charge >= 0.3 is 0 Å². The number of rotatable bonds is 11. The smallest absolute Gasteiger partial charge is 0.240 e. The van der Waals surface area contributed by atoms with Crippen molar-refractivity contribution in [2.75, 3.05) is 26.8 Å². The van der Waals surface area contributed by atoms with Gasteiger partial charge in [-0.05, 0) is 43.5 Å². The lowest BCUT2D eigenvalue weighted by Gasteiger charge is -2.08. The number of benzene rings is 1. The largest absolute Gasteiger partial charge is 0.385 e. The molecule has 6 heteroatoms. The Morgan fingerprint density at radius 2 is 1.81 bits per heavy atom. The van der Waals surface area contributed by atoms with E-state index in [9.17, 15) is 8.42 Å². The van der Waals surface area contributed by atoms with Crippen molar-refractivity contribution in [3.8, 4) is 0 Å². The van der Waals surface area contributed by atoms with Crippen molar-refractivity contribution >= 4 is 10.0 Å². The Hall–Kier alpha value is -0.950. The average molecular weight is 314 g/mol. The van der Waals surface area contributed by atoms with E-state index < -0.39 is 10.0 Å². The number of sulfonamides is 1. The molecule has 1 aromatic rings. The molecule has 0 aliphatic rings. The molecule has 1 rings (SSSR count). The van der Waals surface area contributed by atoms with Gasteiger partial charge in [-0.1, -0.05) is 19.1 Å². The Kier molecular flexibility index (Phi) is 8.52. The summed E-state index contributed by atoms with van der Waals surface area (Å²) in [6.07, 6.45) is 2.73. The SMILES string of the molecule is CCNCc1ccc(S(=O)(=O)NCCCCCOC)cc1. The molecule has 0 bridgehead atoms. The fourth-order valence-electron chi connectivity index (χ4n) is 1.89. The second kappa shape index (κ2) is 9.89. The molecule has 0 saturated carbocycles. The summed E-state index contributed by atoms with van der Waals surface area (Å²) in [5.41, 5.74) is 1.08. The number of hydrogen-bond acceptors (Lipinski definition) is 4. The van der Waals surface area contributed by atoms with Gasteiger partial charge < -0.3 is 10.1 Å². The van der Waals surface area contributed by atoms with Gasteiger partial charge in [-0.15, -0.1) is 0 Å². The average Bonchev–Trinajstić information content (AvgIpc) is 2.49. The minimum atomic E-state index is -3.39. The van der Waals surface area contributed by atoms with Crippen LogP contribution in [-0.4, -0.2) is 35.2 Å². The molecule has 0 aliphatic carbocycles. The molecule has 5 nitrogen and oxygen atoms in total. The molecule has 0 saturated heterocycles. The fourth-order valence-corrected chi connectivity index (χ4v) is 2.97. The summed E-state index contributed by atoms with van der Waals surface area (Å²) in [7, 11) is -1.72. The molecule has 0 amide bonds. The molecule has 0 spiro atoms. The molecule has 1 aromatic carbocycles. The minimum Gasteiger partial charge on any atom is -0.385 e. The number of unbranched alkanes of at least 4 members (excludes halogenated alkanes) is 2. The third kappa shape index (κ3) is 7.04. The maximum Gasteiger partial charge on any atom is 0.240 e. The second-order valence-electron chi connectivity index (χ2n) is 4.88. The molecule has 120 valence electrons. The van der Waals surface area contributed by atoms with Crippen LogP contribution in [0.25, 0.3) is 0 Å². The van der Waals surface area contributed by atoms with Gasteiger partial charge in [0, 0.05) is 26.8 Å². The summed E-state index contributed by atoms with van der Waals surface area (Å²) in [4.78, 5) is 0.319. The van der Waals surface area contributed by atoms with Gasteiger partial charge in [0.05, 0.1) is 4.90 Å². The first-order valence-corrected chi connectivity index (χ1v) is 8.86. The monoisotopic (exact) mass is 314 g/mol. The van der Waals surface area contributed by atoms with Crippen molar-refractivity contribution in [3.05, 3.63) is 29.8 Å². The van der Waals surface area contributed by atoms with Crippen molar-refractivity contribution in [2.45, 2.75) is 37.6 Å². The molecule has 0 fully saturated rings. The van der Waals surface area contributed by atoms with Crippen LogP contribution < -0.4 is 10.0 Å². The molecule has 0 aliphatic heterocycles. The van der Waals surface area contributed by atoms with Crippen LogP contribution in [0.3, 0.4) is 0 Å². The quantitative estimate of drug-likeness (QED) is 0.612. The van der Waals surface area contributed by atoms with Crippen molar-refractivity contribution in [3.63, 3.8) is 0 Å². The van der Waals surface area contributed by atoms with Crippen molar-refractivity contribution in [1.29, 1.82) is 0 Å². The van der Waals surface area contributed by atoms with E-state index in [1.807, 2.05) is 19.1 Å². The lowest BCUT2D eigenvalue weighted by molar-refractivity contribution is 0.192. The van der Waals surface area contributed by atoms with Crippen molar-refractivity contribution in [2.24, 2.45) is 0 Å². The highest BCUT2D eigenvalue weighted by molar-refractivity contribution is 7.89. The number of hydrogen-bond donors (Lipinski definition) is 2. The Morgan fingerprint density at radius 1 is 1.10 bits per heavy atom. The standard InChI is InChI=1S/C15H26N2O3S/c1-3-16-13-14-7-9-15(10-8-14)21(18,19)17-11-5-4-6-12-20-2/h7-10,16-17H,3-6,11-13H2,1-2H3. The van der Waals surface area contributed by atoms with Crippen LogP contribution in [0, 0.1) is 0 Å². The zero-order chi connectivity index (χ0) is 15.6. The highest BCUT2D eigenvalue weighted by atomic mass is 32.2. The minimum absolute atomic E-state index is 0.319. The van der Waals surface area contributed by atoms with Crippen LogP contribution in [0.1, 0.15) is 31.7 Å². The van der Waals surface area contributed by atoms with Crippen LogP contribution in [-0.2, 0) is 21.3 Å². The van der Waals surface area contributed by atoms with E-state index >= 15 is 0 Å². The van der Waals surface area contributed by atoms with E-state index in [0.29, 0.717) is 11.4 Å². The summed E-state index contributed by atoms with van der Waals surface area (Å²) in [6.45, 7) is 4.87. The maximum atomic E-state index is 12.1. The Morgan fingerprint density at radius 3 is 2.43 bits per heavy atom. The summed E-state index contributed by atoms with van der Waals surface area (Å²) in [5, 5.41) is 3.21. The van der Waals surface area contributed by atoms with Gasteiger partial charge in [-0.3, -0.25) is 0 Å². The highest BCUT2D eigenvalue weighted by Gasteiger charge is 2.12. The summed E-state index contributed by atoms with van der Waals surface area (Å²) < 4.78 is 31.8. The van der Waals surface area contributed by atoms with Crippen LogP contribution in [0.15, 0.2) is 29.2 Å². The Bertz CT molecular complexity index is 486. The van der Waals surface area contributed by atoms with Gasteiger partial charge in [0.1, 0.15) is 0 Å². The summed E-state index contributed by atoms with van der Waals surface area (Å²) in [6, 6.07) is 6.99. The third-order valence-corrected chi connectivity index (χ3v) is 4.61. The normalized spacial score (nSPS) is 11.7. The first kappa shape index (κ1) is 18.1. The second-order valence-corrected chi connectivity index (χ2v) is 6.64. The molecule has 0 aromatic heterocycles. The predicted octanol–water partition coefficient (Wildman–Crippen LogP) is 1.89. The van der Waals surface area contributed by atoms with Gasteiger partial charge in [0.15, 0.2) is 0 Å². The van der Waals surface area contributed by atoms with Crippen molar-refractivity contribution in [1.82, 2.24) is 10.0 Å². The summed E-state index contributed by atoms with van der Waals surface area (Å²) >= 11 is 0. The maximum absolute atomic E-state index is 12.1. The molecular weight excluding hydrogens is 288 g/mol. The number of ether oxygens (including phenoxy) is 1. The van der Waals surface area contributed by atoms with E-state index in [4.69, 9.17) is 4.74 Å². The van der Waals surface area contributed by atoms with E-state index in [0.717, 1.165) is 44.5 Å². The Labute approximate surface area is 128 Å². The van der Waals surface area contributed by atoms with Crippen molar-refractivity contribution < 1.29 is 13.2 Å².